The molecule has 2 rings (SSSR count). The number of benzene rings is 1. The molecule has 1 atom stereocenters. The molecule has 0 amide bonds. The van der Waals surface area contributed by atoms with Crippen LogP contribution in [-0.4, -0.2) is 18.3 Å². The first-order valence-corrected chi connectivity index (χ1v) is 6.29. The molecule has 0 spiro atoms. The summed E-state index contributed by atoms with van der Waals surface area (Å²) in [5.41, 5.74) is 0.399. The molecule has 1 N–H and O–H groups in total. The minimum atomic E-state index is -0.950. The van der Waals surface area contributed by atoms with E-state index in [2.05, 4.69) is 15.9 Å². The zero-order chi connectivity index (χ0) is 12.4. The van der Waals surface area contributed by atoms with Crippen molar-refractivity contribution in [3.05, 3.63) is 33.8 Å². The fourth-order valence-electron chi connectivity index (χ4n) is 2.05. The smallest absolute Gasteiger partial charge is 0.173 e. The molecule has 1 fully saturated rings. The highest BCUT2D eigenvalue weighted by Crippen LogP contribution is 2.35. The molecule has 1 heterocycles. The molecule has 1 unspecified atom stereocenters. The summed E-state index contributed by atoms with van der Waals surface area (Å²) < 4.78 is 31.5. The van der Waals surface area contributed by atoms with Gasteiger partial charge in [0.25, 0.3) is 0 Å². The van der Waals surface area contributed by atoms with Crippen LogP contribution in [-0.2, 0) is 4.74 Å². The Morgan fingerprint density at radius 1 is 1.29 bits per heavy atom. The molecule has 1 saturated heterocycles. The highest BCUT2D eigenvalue weighted by Gasteiger charge is 2.26. The fourth-order valence-corrected chi connectivity index (χ4v) is 2.61. The van der Waals surface area contributed by atoms with Crippen molar-refractivity contribution in [2.75, 3.05) is 13.2 Å². The Hall–Kier alpha value is -0.520. The van der Waals surface area contributed by atoms with E-state index in [0.717, 1.165) is 18.9 Å². The van der Waals surface area contributed by atoms with Gasteiger partial charge in [0.15, 0.2) is 11.6 Å². The third-order valence-corrected chi connectivity index (χ3v) is 3.90. The lowest BCUT2D eigenvalue weighted by molar-refractivity contribution is 0.00676. The molecule has 1 aliphatic rings. The first-order valence-electron chi connectivity index (χ1n) is 5.50. The molecular weight excluding hydrogens is 294 g/mol. The Bertz CT molecular complexity index is 406. The van der Waals surface area contributed by atoms with E-state index in [4.69, 9.17) is 4.74 Å². The average Bonchev–Trinajstić information content (AvgIpc) is 2.36. The summed E-state index contributed by atoms with van der Waals surface area (Å²) in [6.07, 6.45) is 0.669. The van der Waals surface area contributed by atoms with Crippen LogP contribution in [0.4, 0.5) is 8.78 Å². The maximum Gasteiger partial charge on any atom is 0.173 e. The van der Waals surface area contributed by atoms with Gasteiger partial charge >= 0.3 is 0 Å². The van der Waals surface area contributed by atoms with Crippen LogP contribution in [0.15, 0.2) is 16.6 Å². The molecule has 0 bridgehead atoms. The summed E-state index contributed by atoms with van der Waals surface area (Å²) in [7, 11) is 0. The van der Waals surface area contributed by atoms with E-state index in [9.17, 15) is 13.9 Å². The molecule has 0 radical (unpaired) electrons. The van der Waals surface area contributed by atoms with E-state index in [1.54, 1.807) is 0 Å². The Morgan fingerprint density at radius 2 is 1.94 bits per heavy atom. The Kier molecular flexibility index (Phi) is 4.12. The van der Waals surface area contributed by atoms with Crippen LogP contribution in [0, 0.1) is 17.6 Å². The second kappa shape index (κ2) is 5.42. The minimum absolute atomic E-state index is 0.0106. The third kappa shape index (κ3) is 2.67. The van der Waals surface area contributed by atoms with Crippen molar-refractivity contribution in [3.8, 4) is 0 Å². The lowest BCUT2D eigenvalue weighted by Gasteiger charge is -2.27. The van der Waals surface area contributed by atoms with Crippen LogP contribution in [0.25, 0.3) is 0 Å². The monoisotopic (exact) mass is 306 g/mol. The Balaban J connectivity index is 2.24. The van der Waals surface area contributed by atoms with Crippen LogP contribution in [0.5, 0.6) is 0 Å². The van der Waals surface area contributed by atoms with Crippen molar-refractivity contribution < 1.29 is 18.6 Å². The average molecular weight is 307 g/mol. The lowest BCUT2D eigenvalue weighted by Crippen LogP contribution is -2.22. The summed E-state index contributed by atoms with van der Waals surface area (Å²) in [5, 5.41) is 10.2. The molecule has 5 heteroatoms. The zero-order valence-corrected chi connectivity index (χ0v) is 10.7. The molecule has 0 aliphatic carbocycles. The van der Waals surface area contributed by atoms with Crippen LogP contribution in [0.3, 0.4) is 0 Å². The van der Waals surface area contributed by atoms with Crippen LogP contribution < -0.4 is 0 Å². The summed E-state index contributed by atoms with van der Waals surface area (Å²) in [5.74, 6) is -1.83. The van der Waals surface area contributed by atoms with E-state index in [-0.39, 0.29) is 10.4 Å². The number of ether oxygens (including phenoxy) is 1. The van der Waals surface area contributed by atoms with E-state index in [1.165, 1.54) is 6.07 Å². The van der Waals surface area contributed by atoms with Gasteiger partial charge in [0.1, 0.15) is 0 Å². The quantitative estimate of drug-likeness (QED) is 0.850. The molecule has 2 nitrogen and oxygen atoms in total. The maximum absolute atomic E-state index is 13.4. The number of hydrogen-bond donors (Lipinski definition) is 1. The molecule has 17 heavy (non-hydrogen) atoms. The van der Waals surface area contributed by atoms with E-state index in [0.29, 0.717) is 18.8 Å². The van der Waals surface area contributed by atoms with Gasteiger partial charge in [-0.3, -0.25) is 0 Å². The molecule has 1 aromatic carbocycles. The van der Waals surface area contributed by atoms with Crippen molar-refractivity contribution in [2.24, 2.45) is 5.92 Å². The van der Waals surface area contributed by atoms with E-state index in [1.807, 2.05) is 0 Å². The highest BCUT2D eigenvalue weighted by atomic mass is 79.9. The van der Waals surface area contributed by atoms with Gasteiger partial charge in [-0.25, -0.2) is 8.78 Å². The normalized spacial score (nSPS) is 19.3. The standard InChI is InChI=1S/C12H13BrF2O2/c13-10-8(1-2-9(14)11(10)15)12(16)7-3-5-17-6-4-7/h1-2,7,12,16H,3-6H2. The van der Waals surface area contributed by atoms with Crippen molar-refractivity contribution in [2.45, 2.75) is 18.9 Å². The topological polar surface area (TPSA) is 29.5 Å². The molecule has 94 valence electrons. The highest BCUT2D eigenvalue weighted by molar-refractivity contribution is 9.10. The van der Waals surface area contributed by atoms with Gasteiger partial charge in [-0.1, -0.05) is 6.07 Å². The SMILES string of the molecule is OC(c1ccc(F)c(F)c1Br)C1CCOCC1. The number of halogens is 3. The minimum Gasteiger partial charge on any atom is -0.388 e. The van der Waals surface area contributed by atoms with Crippen molar-refractivity contribution >= 4 is 15.9 Å². The maximum atomic E-state index is 13.4. The molecule has 0 aromatic heterocycles. The second-order valence-corrected chi connectivity index (χ2v) is 4.95. The van der Waals surface area contributed by atoms with Crippen molar-refractivity contribution in [1.29, 1.82) is 0 Å². The van der Waals surface area contributed by atoms with Crippen LogP contribution in [0.1, 0.15) is 24.5 Å². The Labute approximate surface area is 107 Å². The van der Waals surface area contributed by atoms with Crippen molar-refractivity contribution in [1.82, 2.24) is 0 Å². The van der Waals surface area contributed by atoms with Crippen LogP contribution >= 0.6 is 15.9 Å². The van der Waals surface area contributed by atoms with Gasteiger partial charge in [0, 0.05) is 13.2 Å². The van der Waals surface area contributed by atoms with Crippen molar-refractivity contribution in [3.63, 3.8) is 0 Å². The number of rotatable bonds is 2. The third-order valence-electron chi connectivity index (χ3n) is 3.10. The first kappa shape index (κ1) is 12.9. The number of aliphatic hydroxyl groups excluding tert-OH is 1. The predicted octanol–water partition coefficient (Wildman–Crippen LogP) is 3.19. The predicted molar refractivity (Wildman–Crippen MR) is 62.6 cm³/mol. The fraction of sp³-hybridized carbons (Fsp3) is 0.500. The van der Waals surface area contributed by atoms with Gasteiger partial charge in [-0.15, -0.1) is 0 Å². The molecule has 1 aromatic rings. The Morgan fingerprint density at radius 3 is 2.59 bits per heavy atom. The second-order valence-electron chi connectivity index (χ2n) is 4.16. The summed E-state index contributed by atoms with van der Waals surface area (Å²) in [6, 6.07) is 2.46. The first-order chi connectivity index (χ1) is 8.11. The summed E-state index contributed by atoms with van der Waals surface area (Å²) >= 11 is 2.99. The van der Waals surface area contributed by atoms with Gasteiger partial charge < -0.3 is 9.84 Å². The van der Waals surface area contributed by atoms with Crippen LogP contribution in [0.2, 0.25) is 0 Å². The summed E-state index contributed by atoms with van der Waals surface area (Å²) in [6.45, 7) is 1.20. The summed E-state index contributed by atoms with van der Waals surface area (Å²) in [4.78, 5) is 0. The molecule has 1 aliphatic heterocycles. The van der Waals surface area contributed by atoms with Gasteiger partial charge in [0.05, 0.1) is 10.6 Å². The number of hydrogen-bond acceptors (Lipinski definition) is 2. The molecular formula is C12H13BrF2O2. The van der Waals surface area contributed by atoms with Gasteiger partial charge in [-0.2, -0.15) is 0 Å². The van der Waals surface area contributed by atoms with E-state index < -0.39 is 17.7 Å². The van der Waals surface area contributed by atoms with Gasteiger partial charge in [0.2, 0.25) is 0 Å². The van der Waals surface area contributed by atoms with Gasteiger partial charge in [-0.05, 0) is 46.3 Å². The largest absolute Gasteiger partial charge is 0.388 e. The molecule has 0 saturated carbocycles. The zero-order valence-electron chi connectivity index (χ0n) is 9.13. The number of aliphatic hydroxyl groups is 1. The van der Waals surface area contributed by atoms with E-state index >= 15 is 0 Å². The lowest BCUT2D eigenvalue weighted by atomic mass is 9.89.